The van der Waals surface area contributed by atoms with Crippen molar-refractivity contribution in [3.05, 3.63) is 41.0 Å². The number of rotatable bonds is 2. The number of halogens is 1. The lowest BCUT2D eigenvalue weighted by molar-refractivity contribution is 0.0690. The second-order valence-electron chi connectivity index (χ2n) is 3.73. The SMILES string of the molecule is O=C(O)c1cc(-c2cc3c(Cl)cccc3s2)[nH]n1. The van der Waals surface area contributed by atoms with Gasteiger partial charge in [-0.25, -0.2) is 4.79 Å². The van der Waals surface area contributed by atoms with Crippen LogP contribution >= 0.6 is 22.9 Å². The van der Waals surface area contributed by atoms with E-state index in [-0.39, 0.29) is 5.69 Å². The van der Waals surface area contributed by atoms with Gasteiger partial charge in [-0.15, -0.1) is 11.3 Å². The second-order valence-corrected chi connectivity index (χ2v) is 5.23. The van der Waals surface area contributed by atoms with E-state index in [1.165, 1.54) is 6.07 Å². The van der Waals surface area contributed by atoms with Crippen LogP contribution in [-0.2, 0) is 0 Å². The van der Waals surface area contributed by atoms with Crippen molar-refractivity contribution in [1.82, 2.24) is 10.2 Å². The fraction of sp³-hybridized carbons (Fsp3) is 0. The van der Waals surface area contributed by atoms with E-state index in [1.54, 1.807) is 11.3 Å². The molecule has 1 aromatic carbocycles. The Balaban J connectivity index is 2.13. The highest BCUT2D eigenvalue weighted by Gasteiger charge is 2.12. The first-order valence-corrected chi connectivity index (χ1v) is 6.32. The number of nitrogens with one attached hydrogen (secondary N) is 1. The zero-order valence-electron chi connectivity index (χ0n) is 8.98. The quantitative estimate of drug-likeness (QED) is 0.752. The molecule has 2 heterocycles. The number of aromatic carboxylic acids is 1. The lowest BCUT2D eigenvalue weighted by Crippen LogP contribution is -1.95. The Labute approximate surface area is 111 Å². The standard InChI is InChI=1S/C12H7ClN2O2S/c13-7-2-1-3-10-6(7)4-11(18-10)8-5-9(12(16)17)15-14-8/h1-5H,(H,14,15)(H,16,17). The maximum absolute atomic E-state index is 10.8. The molecule has 3 rings (SSSR count). The van der Waals surface area contributed by atoms with Crippen molar-refractivity contribution in [3.8, 4) is 10.6 Å². The normalized spacial score (nSPS) is 10.9. The molecular formula is C12H7ClN2O2S. The van der Waals surface area contributed by atoms with Gasteiger partial charge < -0.3 is 5.11 Å². The van der Waals surface area contributed by atoms with Crippen LogP contribution in [0.15, 0.2) is 30.3 Å². The second kappa shape index (κ2) is 4.12. The highest BCUT2D eigenvalue weighted by atomic mass is 35.5. The van der Waals surface area contributed by atoms with Gasteiger partial charge in [0.15, 0.2) is 5.69 Å². The highest BCUT2D eigenvalue weighted by molar-refractivity contribution is 7.22. The molecule has 0 aliphatic rings. The van der Waals surface area contributed by atoms with E-state index in [1.807, 2.05) is 24.3 Å². The molecule has 0 bridgehead atoms. The predicted molar refractivity (Wildman–Crippen MR) is 71.4 cm³/mol. The molecule has 2 aromatic heterocycles. The molecular weight excluding hydrogens is 272 g/mol. The monoisotopic (exact) mass is 278 g/mol. The van der Waals surface area contributed by atoms with Gasteiger partial charge in [-0.2, -0.15) is 5.10 Å². The van der Waals surface area contributed by atoms with E-state index in [0.717, 1.165) is 15.0 Å². The topological polar surface area (TPSA) is 66.0 Å². The van der Waals surface area contributed by atoms with E-state index in [0.29, 0.717) is 10.7 Å². The Morgan fingerprint density at radius 3 is 2.89 bits per heavy atom. The van der Waals surface area contributed by atoms with Gasteiger partial charge in [-0.3, -0.25) is 5.10 Å². The summed E-state index contributed by atoms with van der Waals surface area (Å²) in [6.45, 7) is 0. The number of carbonyl (C=O) groups is 1. The number of carboxylic acids is 1. The number of aromatic amines is 1. The Morgan fingerprint density at radius 2 is 2.22 bits per heavy atom. The third-order valence-electron chi connectivity index (χ3n) is 2.57. The van der Waals surface area contributed by atoms with E-state index < -0.39 is 5.97 Å². The van der Waals surface area contributed by atoms with Crippen molar-refractivity contribution in [2.24, 2.45) is 0 Å². The predicted octanol–water partition coefficient (Wildman–Crippen LogP) is 3.64. The summed E-state index contributed by atoms with van der Waals surface area (Å²) in [6, 6.07) is 9.14. The zero-order valence-corrected chi connectivity index (χ0v) is 10.5. The van der Waals surface area contributed by atoms with Crippen LogP contribution in [0.1, 0.15) is 10.5 Å². The molecule has 0 aliphatic heterocycles. The zero-order chi connectivity index (χ0) is 12.7. The minimum atomic E-state index is -1.04. The molecule has 0 unspecified atom stereocenters. The molecule has 3 aromatic rings. The van der Waals surface area contributed by atoms with Gasteiger partial charge >= 0.3 is 5.97 Å². The van der Waals surface area contributed by atoms with Crippen LogP contribution in [0.25, 0.3) is 20.7 Å². The van der Waals surface area contributed by atoms with Crippen LogP contribution < -0.4 is 0 Å². The fourth-order valence-corrected chi connectivity index (χ4v) is 3.05. The van der Waals surface area contributed by atoms with Gasteiger partial charge in [-0.1, -0.05) is 17.7 Å². The summed E-state index contributed by atoms with van der Waals surface area (Å²) in [5.74, 6) is -1.04. The first kappa shape index (κ1) is 11.3. The van der Waals surface area contributed by atoms with Crippen molar-refractivity contribution >= 4 is 39.0 Å². The number of H-pyrrole nitrogens is 1. The Morgan fingerprint density at radius 1 is 1.39 bits per heavy atom. The van der Waals surface area contributed by atoms with Crippen LogP contribution in [0.5, 0.6) is 0 Å². The number of aromatic nitrogens is 2. The first-order valence-electron chi connectivity index (χ1n) is 5.12. The minimum Gasteiger partial charge on any atom is -0.476 e. The number of hydrogen-bond acceptors (Lipinski definition) is 3. The molecule has 0 spiro atoms. The molecule has 0 saturated heterocycles. The summed E-state index contributed by atoms with van der Waals surface area (Å²) >= 11 is 7.64. The molecule has 0 radical (unpaired) electrons. The number of carboxylic acid groups (broad SMARTS) is 1. The molecule has 0 saturated carbocycles. The van der Waals surface area contributed by atoms with E-state index in [4.69, 9.17) is 16.7 Å². The lowest BCUT2D eigenvalue weighted by atomic mass is 10.2. The molecule has 0 fully saturated rings. The van der Waals surface area contributed by atoms with Crippen molar-refractivity contribution in [2.75, 3.05) is 0 Å². The lowest BCUT2D eigenvalue weighted by Gasteiger charge is -1.89. The van der Waals surface area contributed by atoms with Crippen LogP contribution in [0.2, 0.25) is 5.02 Å². The summed E-state index contributed by atoms with van der Waals surface area (Å²) in [5, 5.41) is 16.9. The van der Waals surface area contributed by atoms with Crippen LogP contribution in [0, 0.1) is 0 Å². The smallest absolute Gasteiger partial charge is 0.356 e. The summed E-state index contributed by atoms with van der Waals surface area (Å²) in [6.07, 6.45) is 0. The molecule has 0 amide bonds. The largest absolute Gasteiger partial charge is 0.476 e. The van der Waals surface area contributed by atoms with E-state index in [9.17, 15) is 4.79 Å². The number of fused-ring (bicyclic) bond motifs is 1. The molecule has 0 atom stereocenters. The molecule has 0 aliphatic carbocycles. The summed E-state index contributed by atoms with van der Waals surface area (Å²) in [5.41, 5.74) is 0.693. The Kier molecular flexibility index (Phi) is 2.57. The summed E-state index contributed by atoms with van der Waals surface area (Å²) in [7, 11) is 0. The van der Waals surface area contributed by atoms with Crippen molar-refractivity contribution in [3.63, 3.8) is 0 Å². The molecule has 2 N–H and O–H groups in total. The van der Waals surface area contributed by atoms with Crippen molar-refractivity contribution in [1.29, 1.82) is 0 Å². The van der Waals surface area contributed by atoms with Crippen molar-refractivity contribution < 1.29 is 9.90 Å². The van der Waals surface area contributed by atoms with Gasteiger partial charge in [0.2, 0.25) is 0 Å². The Bertz CT molecular complexity index is 747. The number of benzene rings is 1. The van der Waals surface area contributed by atoms with Gasteiger partial charge in [0.05, 0.1) is 10.6 Å². The van der Waals surface area contributed by atoms with Gasteiger partial charge in [0.1, 0.15) is 0 Å². The third-order valence-corrected chi connectivity index (χ3v) is 4.03. The minimum absolute atomic E-state index is 0.00792. The fourth-order valence-electron chi connectivity index (χ4n) is 1.72. The summed E-state index contributed by atoms with van der Waals surface area (Å²) < 4.78 is 1.06. The van der Waals surface area contributed by atoms with Gasteiger partial charge in [-0.05, 0) is 24.3 Å². The van der Waals surface area contributed by atoms with E-state index >= 15 is 0 Å². The Hall–Kier alpha value is -1.85. The molecule has 6 heteroatoms. The van der Waals surface area contributed by atoms with E-state index in [2.05, 4.69) is 10.2 Å². The van der Waals surface area contributed by atoms with Gasteiger partial charge in [0.25, 0.3) is 0 Å². The third kappa shape index (κ3) is 1.77. The van der Waals surface area contributed by atoms with Gasteiger partial charge in [0, 0.05) is 15.1 Å². The molecule has 90 valence electrons. The number of nitrogens with zero attached hydrogens (tertiary/aromatic N) is 1. The summed E-state index contributed by atoms with van der Waals surface area (Å²) in [4.78, 5) is 11.7. The molecule has 18 heavy (non-hydrogen) atoms. The average molecular weight is 279 g/mol. The average Bonchev–Trinajstić information content (AvgIpc) is 2.95. The molecule has 4 nitrogen and oxygen atoms in total. The van der Waals surface area contributed by atoms with Crippen LogP contribution in [0.3, 0.4) is 0 Å². The maximum atomic E-state index is 10.8. The number of thiophene rings is 1. The number of hydrogen-bond donors (Lipinski definition) is 2. The first-order chi connectivity index (χ1) is 8.65. The van der Waals surface area contributed by atoms with Crippen molar-refractivity contribution in [2.45, 2.75) is 0 Å². The highest BCUT2D eigenvalue weighted by Crippen LogP contribution is 2.36. The van der Waals surface area contributed by atoms with Crippen LogP contribution in [0.4, 0.5) is 0 Å². The maximum Gasteiger partial charge on any atom is 0.356 e. The van der Waals surface area contributed by atoms with Crippen LogP contribution in [-0.4, -0.2) is 21.3 Å².